The fourth-order valence-corrected chi connectivity index (χ4v) is 2.49. The standard InChI is InChI=1S/C12H11N7O2/c20-19(21)12-7(4-10-15-16-10)1-6(3-9-13-14-9)2-8(12)5-11-17-18-11/h1-2,9-11H,3-5H2. The lowest BCUT2D eigenvalue weighted by Crippen LogP contribution is -2.08. The zero-order valence-corrected chi connectivity index (χ0v) is 11.0. The van der Waals surface area contributed by atoms with E-state index >= 15 is 0 Å². The van der Waals surface area contributed by atoms with E-state index in [1.165, 1.54) is 0 Å². The van der Waals surface area contributed by atoms with E-state index in [1.54, 1.807) is 0 Å². The molecule has 3 heterocycles. The molecule has 4 rings (SSSR count). The topological polar surface area (TPSA) is 117 Å². The van der Waals surface area contributed by atoms with Gasteiger partial charge in [0.15, 0.2) is 18.5 Å². The van der Waals surface area contributed by atoms with Gasteiger partial charge in [-0.1, -0.05) is 0 Å². The predicted molar refractivity (Wildman–Crippen MR) is 70.1 cm³/mol. The Kier molecular flexibility index (Phi) is 2.59. The summed E-state index contributed by atoms with van der Waals surface area (Å²) in [6, 6.07) is 3.71. The van der Waals surface area contributed by atoms with E-state index in [9.17, 15) is 10.1 Å². The van der Waals surface area contributed by atoms with Gasteiger partial charge in [0.05, 0.1) is 4.92 Å². The number of hydrogen-bond acceptors (Lipinski definition) is 8. The van der Waals surface area contributed by atoms with Crippen LogP contribution in [0.1, 0.15) is 16.7 Å². The minimum atomic E-state index is -0.328. The maximum atomic E-state index is 11.4. The van der Waals surface area contributed by atoms with Crippen LogP contribution >= 0.6 is 0 Å². The van der Waals surface area contributed by atoms with E-state index in [-0.39, 0.29) is 29.1 Å². The number of nitro groups is 1. The highest BCUT2D eigenvalue weighted by molar-refractivity contribution is 5.51. The van der Waals surface area contributed by atoms with Crippen LogP contribution in [0.5, 0.6) is 0 Å². The van der Waals surface area contributed by atoms with E-state index in [0.717, 1.165) is 5.56 Å². The molecule has 0 aliphatic carbocycles. The molecule has 3 aliphatic rings. The number of nitrogens with zero attached hydrogens (tertiary/aromatic N) is 7. The van der Waals surface area contributed by atoms with Crippen LogP contribution in [0.2, 0.25) is 0 Å². The SMILES string of the molecule is O=[N+]([O-])c1c(CC2N=N2)cc(CC2N=N2)cc1CC1N=N1. The normalized spacial score (nSPS) is 19.2. The highest BCUT2D eigenvalue weighted by Crippen LogP contribution is 2.33. The Labute approximate surface area is 119 Å². The molecule has 1 aromatic rings. The second kappa shape index (κ2) is 4.47. The highest BCUT2D eigenvalue weighted by Gasteiger charge is 2.30. The van der Waals surface area contributed by atoms with Crippen molar-refractivity contribution < 1.29 is 4.92 Å². The van der Waals surface area contributed by atoms with E-state index in [4.69, 9.17) is 0 Å². The first-order chi connectivity index (χ1) is 10.2. The molecule has 0 unspecified atom stereocenters. The summed E-state index contributed by atoms with van der Waals surface area (Å²) in [7, 11) is 0. The Morgan fingerprint density at radius 2 is 1.29 bits per heavy atom. The van der Waals surface area contributed by atoms with Gasteiger partial charge in [-0.25, -0.2) is 0 Å². The minimum Gasteiger partial charge on any atom is -0.258 e. The molecule has 0 N–H and O–H groups in total. The molecule has 0 saturated carbocycles. The summed E-state index contributed by atoms with van der Waals surface area (Å²) < 4.78 is 0. The fourth-order valence-electron chi connectivity index (χ4n) is 2.49. The summed E-state index contributed by atoms with van der Waals surface area (Å²) in [5.41, 5.74) is 2.49. The lowest BCUT2D eigenvalue weighted by Gasteiger charge is -2.09. The Morgan fingerprint density at radius 3 is 1.67 bits per heavy atom. The Bertz CT molecular complexity index is 653. The first kappa shape index (κ1) is 12.2. The maximum Gasteiger partial charge on any atom is 0.276 e. The van der Waals surface area contributed by atoms with Crippen LogP contribution in [0.15, 0.2) is 42.8 Å². The molecule has 21 heavy (non-hydrogen) atoms. The summed E-state index contributed by atoms with van der Waals surface area (Å²) in [6.45, 7) is 0. The molecule has 0 spiro atoms. The third kappa shape index (κ3) is 2.81. The van der Waals surface area contributed by atoms with Crippen molar-refractivity contribution in [2.45, 2.75) is 37.8 Å². The van der Waals surface area contributed by atoms with Crippen molar-refractivity contribution in [2.24, 2.45) is 30.7 Å². The van der Waals surface area contributed by atoms with Crippen molar-refractivity contribution in [3.8, 4) is 0 Å². The molecule has 0 aromatic heterocycles. The summed E-state index contributed by atoms with van der Waals surface area (Å²) in [5, 5.41) is 34.5. The van der Waals surface area contributed by atoms with Crippen molar-refractivity contribution in [1.29, 1.82) is 0 Å². The van der Waals surface area contributed by atoms with Gasteiger partial charge in [0.1, 0.15) is 0 Å². The van der Waals surface area contributed by atoms with Crippen molar-refractivity contribution in [3.63, 3.8) is 0 Å². The molecule has 106 valence electrons. The molecule has 1 aromatic carbocycles. The summed E-state index contributed by atoms with van der Waals surface area (Å²) in [6.07, 6.45) is 1.33. The lowest BCUT2D eigenvalue weighted by atomic mass is 9.96. The number of nitro benzene ring substituents is 1. The van der Waals surface area contributed by atoms with Gasteiger partial charge < -0.3 is 0 Å². The Hall–Kier alpha value is -2.58. The number of rotatable bonds is 7. The average Bonchev–Trinajstić information content (AvgIpc) is 3.24. The molecule has 0 amide bonds. The lowest BCUT2D eigenvalue weighted by molar-refractivity contribution is -0.386. The highest BCUT2D eigenvalue weighted by atomic mass is 16.6. The van der Waals surface area contributed by atoms with Crippen LogP contribution in [0.3, 0.4) is 0 Å². The van der Waals surface area contributed by atoms with Crippen LogP contribution in [-0.2, 0) is 19.3 Å². The number of hydrogen-bond donors (Lipinski definition) is 0. The molecule has 9 nitrogen and oxygen atoms in total. The van der Waals surface area contributed by atoms with Crippen LogP contribution < -0.4 is 0 Å². The molecule has 3 aliphatic heterocycles. The smallest absolute Gasteiger partial charge is 0.258 e. The van der Waals surface area contributed by atoms with E-state index in [1.807, 2.05) is 12.1 Å². The van der Waals surface area contributed by atoms with Gasteiger partial charge in [0.2, 0.25) is 0 Å². The van der Waals surface area contributed by atoms with E-state index in [0.29, 0.717) is 30.4 Å². The first-order valence-corrected chi connectivity index (χ1v) is 6.68. The molecule has 0 saturated heterocycles. The summed E-state index contributed by atoms with van der Waals surface area (Å²) in [4.78, 5) is 11.1. The van der Waals surface area contributed by atoms with E-state index in [2.05, 4.69) is 30.7 Å². The van der Waals surface area contributed by atoms with Gasteiger partial charge in [-0.05, 0) is 17.7 Å². The van der Waals surface area contributed by atoms with Gasteiger partial charge in [0, 0.05) is 30.4 Å². The largest absolute Gasteiger partial charge is 0.276 e. The van der Waals surface area contributed by atoms with Crippen LogP contribution in [0, 0.1) is 10.1 Å². The Balaban J connectivity index is 1.69. The molecule has 0 bridgehead atoms. The van der Waals surface area contributed by atoms with Gasteiger partial charge >= 0.3 is 0 Å². The van der Waals surface area contributed by atoms with Crippen molar-refractivity contribution in [3.05, 3.63) is 38.9 Å². The van der Waals surface area contributed by atoms with Crippen molar-refractivity contribution >= 4 is 5.69 Å². The monoisotopic (exact) mass is 285 g/mol. The summed E-state index contributed by atoms with van der Waals surface area (Å²) in [5.74, 6) is 0. The Morgan fingerprint density at radius 1 is 0.857 bits per heavy atom. The maximum absolute atomic E-state index is 11.4. The fraction of sp³-hybridized carbons (Fsp3) is 0.500. The van der Waals surface area contributed by atoms with Crippen LogP contribution in [0.25, 0.3) is 0 Å². The third-order valence-electron chi connectivity index (χ3n) is 3.57. The first-order valence-electron chi connectivity index (χ1n) is 6.68. The van der Waals surface area contributed by atoms with E-state index < -0.39 is 0 Å². The third-order valence-corrected chi connectivity index (χ3v) is 3.57. The molecule has 9 heteroatoms. The molecular weight excluding hydrogens is 274 g/mol. The predicted octanol–water partition coefficient (Wildman–Crippen LogP) is 2.60. The van der Waals surface area contributed by atoms with Crippen molar-refractivity contribution in [1.82, 2.24) is 0 Å². The van der Waals surface area contributed by atoms with Gasteiger partial charge in [-0.15, -0.1) is 0 Å². The minimum absolute atomic E-state index is 0.00208. The molecule has 0 atom stereocenters. The van der Waals surface area contributed by atoms with Crippen molar-refractivity contribution in [2.75, 3.05) is 0 Å². The van der Waals surface area contributed by atoms with Gasteiger partial charge in [0.25, 0.3) is 5.69 Å². The zero-order chi connectivity index (χ0) is 14.4. The zero-order valence-electron chi connectivity index (χ0n) is 11.0. The molecule has 0 fully saturated rings. The summed E-state index contributed by atoms with van der Waals surface area (Å²) >= 11 is 0. The van der Waals surface area contributed by atoms with Gasteiger partial charge in [-0.3, -0.25) is 10.1 Å². The molecular formula is C12H11N7O2. The second-order valence-corrected chi connectivity index (χ2v) is 5.27. The molecule has 0 radical (unpaired) electrons. The average molecular weight is 285 g/mol. The van der Waals surface area contributed by atoms with Gasteiger partial charge in [-0.2, -0.15) is 30.7 Å². The van der Waals surface area contributed by atoms with Crippen LogP contribution in [-0.4, -0.2) is 23.4 Å². The quantitative estimate of drug-likeness (QED) is 0.565. The number of benzene rings is 1. The van der Waals surface area contributed by atoms with Crippen LogP contribution in [0.4, 0.5) is 5.69 Å². The second-order valence-electron chi connectivity index (χ2n) is 5.27.